The lowest BCUT2D eigenvalue weighted by molar-refractivity contribution is -0.119. The molecule has 26 heavy (non-hydrogen) atoms. The lowest BCUT2D eigenvalue weighted by Crippen LogP contribution is -2.37. The van der Waals surface area contributed by atoms with Gasteiger partial charge in [0.2, 0.25) is 5.91 Å². The number of nitrogens with two attached hydrogens (primary N) is 2. The van der Waals surface area contributed by atoms with Crippen molar-refractivity contribution in [3.8, 4) is 0 Å². The summed E-state index contributed by atoms with van der Waals surface area (Å²) in [4.78, 5) is 35.5. The predicted molar refractivity (Wildman–Crippen MR) is 99.1 cm³/mol. The zero-order valence-corrected chi connectivity index (χ0v) is 15.1. The molecule has 0 bridgehead atoms. The van der Waals surface area contributed by atoms with Crippen LogP contribution in [0, 0.1) is 5.92 Å². The lowest BCUT2D eigenvalue weighted by Gasteiger charge is -2.18. The fraction of sp³-hybridized carbons (Fsp3) is 0.312. The van der Waals surface area contributed by atoms with Crippen LogP contribution in [0.15, 0.2) is 24.7 Å². The Hall–Kier alpha value is -2.94. The van der Waals surface area contributed by atoms with Crippen LogP contribution in [0.5, 0.6) is 0 Å². The summed E-state index contributed by atoms with van der Waals surface area (Å²) in [6.07, 6.45) is 4.81. The van der Waals surface area contributed by atoms with Crippen LogP contribution in [0.25, 0.3) is 0 Å². The number of pyridine rings is 1. The molecule has 0 radical (unpaired) electrons. The fourth-order valence-corrected chi connectivity index (χ4v) is 2.41. The van der Waals surface area contributed by atoms with Gasteiger partial charge in [0, 0.05) is 6.20 Å². The molecule has 2 aromatic heterocycles. The number of hydrogen-bond acceptors (Lipinski definition) is 7. The Morgan fingerprint density at radius 1 is 1.23 bits per heavy atom. The standard InChI is InChI=1S/C16H20ClN7O2/c1-8(2)3-11(14(18)25)23-12-7-21-13(15(19)26)16(24-12)22-10-4-9(17)5-20-6-10/h4-8,11H,3H2,1-2H3,(H2,18,25)(H2,19,26)(H2,22,23,24)/t11-/m1/s1. The molecule has 2 amide bonds. The van der Waals surface area contributed by atoms with E-state index in [-0.39, 0.29) is 23.2 Å². The zero-order valence-electron chi connectivity index (χ0n) is 14.4. The van der Waals surface area contributed by atoms with E-state index in [4.69, 9.17) is 23.1 Å². The third-order valence-corrected chi connectivity index (χ3v) is 3.55. The Morgan fingerprint density at radius 2 is 1.96 bits per heavy atom. The molecule has 0 spiro atoms. The van der Waals surface area contributed by atoms with Crippen LogP contribution in [0.4, 0.5) is 17.3 Å². The summed E-state index contributed by atoms with van der Waals surface area (Å²) in [5.41, 5.74) is 11.2. The number of primary amides is 2. The van der Waals surface area contributed by atoms with Crippen LogP contribution in [0.2, 0.25) is 5.02 Å². The van der Waals surface area contributed by atoms with Crippen molar-refractivity contribution in [1.82, 2.24) is 15.0 Å². The molecule has 2 rings (SSSR count). The number of anilines is 3. The minimum atomic E-state index is -0.754. The number of halogens is 1. The molecule has 0 saturated heterocycles. The van der Waals surface area contributed by atoms with E-state index in [0.717, 1.165) is 0 Å². The number of aromatic nitrogens is 3. The van der Waals surface area contributed by atoms with E-state index in [1.54, 1.807) is 6.07 Å². The molecule has 9 nitrogen and oxygen atoms in total. The first kappa shape index (κ1) is 19.4. The second-order valence-electron chi connectivity index (χ2n) is 6.06. The topological polar surface area (TPSA) is 149 Å². The van der Waals surface area contributed by atoms with Crippen LogP contribution < -0.4 is 22.1 Å². The first-order valence-corrected chi connectivity index (χ1v) is 8.24. The van der Waals surface area contributed by atoms with Gasteiger partial charge in [-0.15, -0.1) is 0 Å². The number of nitrogens with zero attached hydrogens (tertiary/aromatic N) is 3. The highest BCUT2D eigenvalue weighted by Gasteiger charge is 2.19. The number of amides is 2. The fourth-order valence-electron chi connectivity index (χ4n) is 2.24. The smallest absolute Gasteiger partial charge is 0.271 e. The highest BCUT2D eigenvalue weighted by atomic mass is 35.5. The van der Waals surface area contributed by atoms with Crippen molar-refractivity contribution >= 4 is 40.7 Å². The van der Waals surface area contributed by atoms with E-state index in [0.29, 0.717) is 17.1 Å². The minimum absolute atomic E-state index is 0.0602. The Morgan fingerprint density at radius 3 is 2.54 bits per heavy atom. The van der Waals surface area contributed by atoms with Gasteiger partial charge in [-0.05, 0) is 18.4 Å². The summed E-state index contributed by atoms with van der Waals surface area (Å²) in [5, 5.41) is 6.24. The maximum absolute atomic E-state index is 11.6. The zero-order chi connectivity index (χ0) is 19.3. The van der Waals surface area contributed by atoms with Crippen LogP contribution in [-0.4, -0.2) is 32.8 Å². The normalized spacial score (nSPS) is 11.8. The first-order valence-electron chi connectivity index (χ1n) is 7.86. The molecule has 2 heterocycles. The molecular weight excluding hydrogens is 358 g/mol. The van der Waals surface area contributed by atoms with Gasteiger partial charge in [-0.25, -0.2) is 9.97 Å². The molecule has 2 aromatic rings. The second kappa shape index (κ2) is 8.43. The van der Waals surface area contributed by atoms with Gasteiger partial charge in [0.05, 0.1) is 23.1 Å². The van der Waals surface area contributed by atoms with E-state index < -0.39 is 17.9 Å². The summed E-state index contributed by atoms with van der Waals surface area (Å²) in [5.74, 6) is -0.632. The van der Waals surface area contributed by atoms with Crippen LogP contribution in [-0.2, 0) is 4.79 Å². The van der Waals surface area contributed by atoms with E-state index in [2.05, 4.69) is 25.6 Å². The summed E-state index contributed by atoms with van der Waals surface area (Å²) in [7, 11) is 0. The van der Waals surface area contributed by atoms with Crippen molar-refractivity contribution in [2.45, 2.75) is 26.3 Å². The third-order valence-electron chi connectivity index (χ3n) is 3.35. The average Bonchev–Trinajstić information content (AvgIpc) is 2.53. The number of carbonyl (C=O) groups excluding carboxylic acids is 2. The van der Waals surface area contributed by atoms with E-state index >= 15 is 0 Å². The molecular formula is C16H20ClN7O2. The summed E-state index contributed by atoms with van der Waals surface area (Å²) < 4.78 is 0. The molecule has 0 fully saturated rings. The number of rotatable bonds is 8. The Labute approximate surface area is 155 Å². The van der Waals surface area contributed by atoms with E-state index in [1.807, 2.05) is 13.8 Å². The third kappa shape index (κ3) is 5.28. The Kier molecular flexibility index (Phi) is 6.29. The van der Waals surface area contributed by atoms with Crippen molar-refractivity contribution < 1.29 is 9.59 Å². The van der Waals surface area contributed by atoms with Gasteiger partial charge in [-0.2, -0.15) is 0 Å². The van der Waals surface area contributed by atoms with Gasteiger partial charge >= 0.3 is 0 Å². The van der Waals surface area contributed by atoms with Gasteiger partial charge < -0.3 is 22.1 Å². The average molecular weight is 378 g/mol. The minimum Gasteiger partial charge on any atom is -0.368 e. The van der Waals surface area contributed by atoms with E-state index in [1.165, 1.54) is 18.6 Å². The van der Waals surface area contributed by atoms with Gasteiger partial charge in [0.1, 0.15) is 11.9 Å². The molecule has 0 saturated carbocycles. The van der Waals surface area contributed by atoms with E-state index in [9.17, 15) is 9.59 Å². The van der Waals surface area contributed by atoms with Gasteiger partial charge in [0.15, 0.2) is 11.5 Å². The molecule has 0 aliphatic carbocycles. The highest BCUT2D eigenvalue weighted by molar-refractivity contribution is 6.30. The molecule has 138 valence electrons. The molecule has 10 heteroatoms. The SMILES string of the molecule is CC(C)C[C@@H](Nc1cnc(C(N)=O)c(Nc2cncc(Cl)c2)n1)C(N)=O. The molecule has 6 N–H and O–H groups in total. The summed E-state index contributed by atoms with van der Waals surface area (Å²) in [6.45, 7) is 3.94. The maximum atomic E-state index is 11.6. The lowest BCUT2D eigenvalue weighted by atomic mass is 10.0. The molecule has 0 aromatic carbocycles. The molecule has 1 atom stereocenters. The van der Waals surface area contributed by atoms with Gasteiger partial charge in [0.25, 0.3) is 5.91 Å². The summed E-state index contributed by atoms with van der Waals surface area (Å²) in [6, 6.07) is 0.982. The van der Waals surface area contributed by atoms with Crippen LogP contribution >= 0.6 is 11.6 Å². The monoisotopic (exact) mass is 377 g/mol. The van der Waals surface area contributed by atoms with Crippen molar-refractivity contribution in [1.29, 1.82) is 0 Å². The second-order valence-corrected chi connectivity index (χ2v) is 6.50. The van der Waals surface area contributed by atoms with Gasteiger partial charge in [-0.1, -0.05) is 25.4 Å². The molecule has 0 aliphatic rings. The quantitative estimate of drug-likeness (QED) is 0.546. The molecule has 0 unspecified atom stereocenters. The Bertz CT molecular complexity index is 813. The first-order chi connectivity index (χ1) is 12.3. The number of nitrogens with one attached hydrogen (secondary N) is 2. The maximum Gasteiger partial charge on any atom is 0.271 e. The number of carbonyl (C=O) groups is 2. The number of hydrogen-bond donors (Lipinski definition) is 4. The van der Waals surface area contributed by atoms with Gasteiger partial charge in [-0.3, -0.25) is 14.6 Å². The highest BCUT2D eigenvalue weighted by Crippen LogP contribution is 2.21. The van der Waals surface area contributed by atoms with Crippen molar-refractivity contribution in [3.63, 3.8) is 0 Å². The predicted octanol–water partition coefficient (Wildman–Crippen LogP) is 1.68. The molecule has 0 aliphatic heterocycles. The van der Waals surface area contributed by atoms with Crippen molar-refractivity contribution in [3.05, 3.63) is 35.4 Å². The Balaban J connectivity index is 2.32. The van der Waals surface area contributed by atoms with Crippen molar-refractivity contribution in [2.75, 3.05) is 10.6 Å². The van der Waals surface area contributed by atoms with Crippen molar-refractivity contribution in [2.24, 2.45) is 17.4 Å². The summed E-state index contributed by atoms with van der Waals surface area (Å²) >= 11 is 5.90. The van der Waals surface area contributed by atoms with Crippen LogP contribution in [0.3, 0.4) is 0 Å². The largest absolute Gasteiger partial charge is 0.368 e. The van der Waals surface area contributed by atoms with Crippen LogP contribution in [0.1, 0.15) is 30.8 Å².